The second-order valence-corrected chi connectivity index (χ2v) is 6.48. The molecule has 4 nitrogen and oxygen atoms in total. The van der Waals surface area contributed by atoms with E-state index in [4.69, 9.17) is 0 Å². The molecule has 1 aliphatic rings. The van der Waals surface area contributed by atoms with Crippen LogP contribution in [0.4, 0.5) is 5.69 Å². The van der Waals surface area contributed by atoms with Crippen LogP contribution in [0.2, 0.25) is 0 Å². The largest absolute Gasteiger partial charge is 0.312 e. The molecule has 1 amide bonds. The van der Waals surface area contributed by atoms with Crippen LogP contribution in [0.5, 0.6) is 0 Å². The molecule has 0 atom stereocenters. The van der Waals surface area contributed by atoms with E-state index in [1.165, 1.54) is 5.56 Å². The molecule has 0 aliphatic carbocycles. The number of fused-ring (bicyclic) bond motifs is 2. The van der Waals surface area contributed by atoms with Crippen molar-refractivity contribution in [3.8, 4) is 0 Å². The van der Waals surface area contributed by atoms with E-state index in [9.17, 15) is 4.79 Å². The van der Waals surface area contributed by atoms with Gasteiger partial charge in [0.25, 0.3) is 0 Å². The van der Waals surface area contributed by atoms with Crippen LogP contribution in [0.15, 0.2) is 42.6 Å². The minimum absolute atomic E-state index is 0.147. The SMILES string of the molecule is Cc1nc2c(C)cccn2c1CC(=O)N1CCCc2ccccc21. The highest BCUT2D eigenvalue weighted by Crippen LogP contribution is 2.27. The minimum atomic E-state index is 0.147. The second-order valence-electron chi connectivity index (χ2n) is 6.48. The first kappa shape index (κ1) is 14.9. The predicted octanol–water partition coefficient (Wildman–Crippen LogP) is 3.47. The smallest absolute Gasteiger partial charge is 0.233 e. The summed E-state index contributed by atoms with van der Waals surface area (Å²) in [6.45, 7) is 4.83. The number of para-hydroxylation sites is 1. The Morgan fingerprint density at radius 2 is 2.00 bits per heavy atom. The number of anilines is 1. The van der Waals surface area contributed by atoms with E-state index in [2.05, 4.69) is 21.5 Å². The van der Waals surface area contributed by atoms with E-state index < -0.39 is 0 Å². The molecule has 24 heavy (non-hydrogen) atoms. The van der Waals surface area contributed by atoms with Gasteiger partial charge in [0.2, 0.25) is 5.91 Å². The molecular formula is C20H21N3O. The number of carbonyl (C=O) groups is 1. The molecule has 122 valence electrons. The predicted molar refractivity (Wildman–Crippen MR) is 95.5 cm³/mol. The summed E-state index contributed by atoms with van der Waals surface area (Å²) in [7, 11) is 0. The summed E-state index contributed by atoms with van der Waals surface area (Å²) in [5, 5.41) is 0. The molecule has 0 fully saturated rings. The molecule has 0 bridgehead atoms. The van der Waals surface area contributed by atoms with Gasteiger partial charge in [-0.1, -0.05) is 24.3 Å². The monoisotopic (exact) mass is 319 g/mol. The number of amides is 1. The van der Waals surface area contributed by atoms with Crippen LogP contribution >= 0.6 is 0 Å². The lowest BCUT2D eigenvalue weighted by molar-refractivity contribution is -0.118. The van der Waals surface area contributed by atoms with Crippen molar-refractivity contribution < 1.29 is 4.79 Å². The highest BCUT2D eigenvalue weighted by Gasteiger charge is 2.24. The quantitative estimate of drug-likeness (QED) is 0.725. The fraction of sp³-hybridized carbons (Fsp3) is 0.300. The van der Waals surface area contributed by atoms with Crippen molar-refractivity contribution in [1.29, 1.82) is 0 Å². The van der Waals surface area contributed by atoms with Gasteiger partial charge in [-0.25, -0.2) is 4.98 Å². The van der Waals surface area contributed by atoms with Gasteiger partial charge in [0.15, 0.2) is 0 Å². The van der Waals surface area contributed by atoms with Crippen LogP contribution in [-0.2, 0) is 17.6 Å². The first-order valence-electron chi connectivity index (χ1n) is 8.46. The van der Waals surface area contributed by atoms with Gasteiger partial charge in [-0.3, -0.25) is 4.79 Å². The molecule has 1 aliphatic heterocycles. The number of rotatable bonds is 2. The Hall–Kier alpha value is -2.62. The Morgan fingerprint density at radius 3 is 2.88 bits per heavy atom. The first-order chi connectivity index (χ1) is 11.6. The Labute approximate surface area is 141 Å². The summed E-state index contributed by atoms with van der Waals surface area (Å²) in [5.41, 5.74) is 6.32. The summed E-state index contributed by atoms with van der Waals surface area (Å²) in [6.07, 6.45) is 4.45. The number of carbonyl (C=O) groups excluding carboxylic acids is 1. The van der Waals surface area contributed by atoms with Crippen molar-refractivity contribution in [2.75, 3.05) is 11.4 Å². The van der Waals surface area contributed by atoms with Gasteiger partial charge in [-0.2, -0.15) is 0 Å². The number of aromatic nitrogens is 2. The molecule has 3 aromatic rings. The molecule has 0 unspecified atom stereocenters. The van der Waals surface area contributed by atoms with Crippen LogP contribution < -0.4 is 4.90 Å². The van der Waals surface area contributed by atoms with Crippen LogP contribution in [0.3, 0.4) is 0 Å². The van der Waals surface area contributed by atoms with Gasteiger partial charge < -0.3 is 9.30 Å². The molecule has 0 saturated carbocycles. The molecule has 2 aromatic heterocycles. The van der Waals surface area contributed by atoms with Gasteiger partial charge in [0, 0.05) is 18.4 Å². The fourth-order valence-electron chi connectivity index (χ4n) is 3.61. The van der Waals surface area contributed by atoms with Crippen molar-refractivity contribution in [3.63, 3.8) is 0 Å². The van der Waals surface area contributed by atoms with Gasteiger partial charge in [0.1, 0.15) is 5.65 Å². The van der Waals surface area contributed by atoms with E-state index in [0.29, 0.717) is 6.42 Å². The normalized spacial score (nSPS) is 14.0. The lowest BCUT2D eigenvalue weighted by atomic mass is 10.0. The summed E-state index contributed by atoms with van der Waals surface area (Å²) in [6, 6.07) is 12.3. The third-order valence-corrected chi connectivity index (χ3v) is 4.87. The summed E-state index contributed by atoms with van der Waals surface area (Å²) >= 11 is 0. The number of aryl methyl sites for hydroxylation is 3. The van der Waals surface area contributed by atoms with Gasteiger partial charge in [-0.05, 0) is 49.9 Å². The third-order valence-electron chi connectivity index (χ3n) is 4.87. The highest BCUT2D eigenvalue weighted by molar-refractivity contribution is 5.96. The number of pyridine rings is 1. The van der Waals surface area contributed by atoms with E-state index in [-0.39, 0.29) is 5.91 Å². The van der Waals surface area contributed by atoms with Crippen LogP contribution in [0.1, 0.15) is 28.9 Å². The summed E-state index contributed by atoms with van der Waals surface area (Å²) in [5.74, 6) is 0.147. The Morgan fingerprint density at radius 1 is 1.17 bits per heavy atom. The highest BCUT2D eigenvalue weighted by atomic mass is 16.2. The maximum atomic E-state index is 13.0. The zero-order chi connectivity index (χ0) is 16.7. The van der Waals surface area contributed by atoms with Crippen LogP contribution in [0, 0.1) is 13.8 Å². The van der Waals surface area contributed by atoms with Crippen molar-refractivity contribution >= 4 is 17.2 Å². The standard InChI is InChI=1S/C20H21N3O/c1-14-7-5-12-23-18(15(2)21-20(14)23)13-19(24)22-11-6-9-16-8-3-4-10-17(16)22/h3-5,7-8,10,12H,6,9,11,13H2,1-2H3. The zero-order valence-electron chi connectivity index (χ0n) is 14.1. The van der Waals surface area contributed by atoms with E-state index in [1.54, 1.807) is 0 Å². The maximum absolute atomic E-state index is 13.0. The number of nitrogens with zero attached hydrogens (tertiary/aromatic N) is 3. The fourth-order valence-corrected chi connectivity index (χ4v) is 3.61. The van der Waals surface area contributed by atoms with E-state index >= 15 is 0 Å². The molecule has 1 aromatic carbocycles. The van der Waals surface area contributed by atoms with Gasteiger partial charge in [-0.15, -0.1) is 0 Å². The lowest BCUT2D eigenvalue weighted by Gasteiger charge is -2.29. The average molecular weight is 319 g/mol. The van der Waals surface area contributed by atoms with Crippen LogP contribution in [0.25, 0.3) is 5.65 Å². The summed E-state index contributed by atoms with van der Waals surface area (Å²) in [4.78, 5) is 19.6. The van der Waals surface area contributed by atoms with Gasteiger partial charge in [0.05, 0.1) is 17.8 Å². The van der Waals surface area contributed by atoms with E-state index in [0.717, 1.165) is 47.7 Å². The summed E-state index contributed by atoms with van der Waals surface area (Å²) < 4.78 is 2.05. The molecule has 4 rings (SSSR count). The molecule has 0 saturated heterocycles. The second kappa shape index (κ2) is 5.78. The topological polar surface area (TPSA) is 37.6 Å². The molecule has 0 spiro atoms. The van der Waals surface area contributed by atoms with Crippen molar-refractivity contribution in [3.05, 3.63) is 65.1 Å². The number of hydrogen-bond donors (Lipinski definition) is 0. The number of imidazole rings is 1. The maximum Gasteiger partial charge on any atom is 0.233 e. The van der Waals surface area contributed by atoms with Gasteiger partial charge >= 0.3 is 0 Å². The number of benzene rings is 1. The lowest BCUT2D eigenvalue weighted by Crippen LogP contribution is -2.36. The molecule has 4 heteroatoms. The van der Waals surface area contributed by atoms with Crippen molar-refractivity contribution in [2.24, 2.45) is 0 Å². The first-order valence-corrected chi connectivity index (χ1v) is 8.46. The van der Waals surface area contributed by atoms with Crippen LogP contribution in [-0.4, -0.2) is 21.8 Å². The Bertz CT molecular complexity index is 926. The van der Waals surface area contributed by atoms with E-state index in [1.807, 2.05) is 49.2 Å². The zero-order valence-corrected chi connectivity index (χ0v) is 14.1. The third kappa shape index (κ3) is 2.39. The minimum Gasteiger partial charge on any atom is -0.312 e. The number of hydrogen-bond acceptors (Lipinski definition) is 2. The molecule has 0 N–H and O–H groups in total. The molecule has 3 heterocycles. The average Bonchev–Trinajstić information content (AvgIpc) is 2.92. The van der Waals surface area contributed by atoms with Crippen molar-refractivity contribution in [1.82, 2.24) is 9.38 Å². The molecular weight excluding hydrogens is 298 g/mol. The molecule has 0 radical (unpaired) electrons. The van der Waals surface area contributed by atoms with Crippen molar-refractivity contribution in [2.45, 2.75) is 33.1 Å². The Kier molecular flexibility index (Phi) is 3.60. The Balaban J connectivity index is 1.69.